The Balaban J connectivity index is 1.58. The Hall–Kier alpha value is -2.48. The summed E-state index contributed by atoms with van der Waals surface area (Å²) in [5.74, 6) is 1.43. The van der Waals surface area contributed by atoms with Crippen molar-refractivity contribution in [3.05, 3.63) is 83.9 Å². The zero-order valence-corrected chi connectivity index (χ0v) is 21.3. The topological polar surface area (TPSA) is 24.7 Å². The summed E-state index contributed by atoms with van der Waals surface area (Å²) < 4.78 is 0. The molecule has 1 fully saturated rings. The second kappa shape index (κ2) is 15.4. The largest absolute Gasteiger partial charge is 0.158 e. The van der Waals surface area contributed by atoms with Crippen LogP contribution < -0.4 is 0 Å². The maximum absolute atomic E-state index is 4.79. The molecular formula is C32H44N2. The Morgan fingerprint density at radius 2 is 1.65 bits per heavy atom. The first-order valence-corrected chi connectivity index (χ1v) is 13.7. The minimum absolute atomic E-state index is 0.519. The maximum Gasteiger partial charge on any atom is 0.0733 e. The number of allylic oxidation sites excluding steroid dienone is 1. The van der Waals surface area contributed by atoms with E-state index in [2.05, 4.69) is 73.2 Å². The van der Waals surface area contributed by atoms with Gasteiger partial charge in [-0.1, -0.05) is 99.7 Å². The predicted molar refractivity (Wildman–Crippen MR) is 149 cm³/mol. The average Bonchev–Trinajstić information content (AvgIpc) is 2.89. The Labute approximate surface area is 208 Å². The summed E-state index contributed by atoms with van der Waals surface area (Å²) in [6, 6.07) is 19.5. The van der Waals surface area contributed by atoms with Gasteiger partial charge < -0.3 is 0 Å². The lowest BCUT2D eigenvalue weighted by molar-refractivity contribution is 0.299. The van der Waals surface area contributed by atoms with Gasteiger partial charge in [0, 0.05) is 5.92 Å². The van der Waals surface area contributed by atoms with Crippen LogP contribution in [-0.2, 0) is 6.42 Å². The molecular weight excluding hydrogens is 412 g/mol. The monoisotopic (exact) mass is 456 g/mol. The fourth-order valence-electron chi connectivity index (χ4n) is 5.11. The number of rotatable bonds is 14. The Morgan fingerprint density at radius 3 is 2.35 bits per heavy atom. The van der Waals surface area contributed by atoms with Crippen LogP contribution in [0.15, 0.2) is 77.5 Å². The molecule has 1 saturated carbocycles. The van der Waals surface area contributed by atoms with Crippen molar-refractivity contribution in [1.82, 2.24) is 0 Å². The molecule has 2 nitrogen and oxygen atoms in total. The van der Waals surface area contributed by atoms with E-state index in [0.717, 1.165) is 24.3 Å². The molecule has 0 N–H and O–H groups in total. The number of aryl methyl sites for hydroxylation is 1. The van der Waals surface area contributed by atoms with E-state index in [1.807, 2.05) is 12.3 Å². The molecule has 1 aliphatic rings. The van der Waals surface area contributed by atoms with Crippen molar-refractivity contribution in [2.24, 2.45) is 22.0 Å². The normalized spacial score (nSPS) is 18.9. The van der Waals surface area contributed by atoms with Gasteiger partial charge in [-0.3, -0.25) is 0 Å². The van der Waals surface area contributed by atoms with Crippen LogP contribution in [0.2, 0.25) is 0 Å². The zero-order valence-electron chi connectivity index (χ0n) is 21.3. The summed E-state index contributed by atoms with van der Waals surface area (Å²) in [6.07, 6.45) is 20.6. The lowest BCUT2D eigenvalue weighted by Crippen LogP contribution is -2.22. The van der Waals surface area contributed by atoms with Crippen LogP contribution >= 0.6 is 0 Å². The quantitative estimate of drug-likeness (QED) is 0.117. The van der Waals surface area contributed by atoms with Crippen molar-refractivity contribution in [3.63, 3.8) is 0 Å². The van der Waals surface area contributed by atoms with E-state index < -0.39 is 0 Å². The molecule has 0 aliphatic heterocycles. The minimum atomic E-state index is 0.519. The molecule has 0 amide bonds. The van der Waals surface area contributed by atoms with E-state index in [4.69, 9.17) is 5.10 Å². The Bertz CT molecular complexity index is 871. The summed E-state index contributed by atoms with van der Waals surface area (Å²) in [6.45, 7) is 6.09. The highest BCUT2D eigenvalue weighted by molar-refractivity contribution is 6.02. The van der Waals surface area contributed by atoms with Crippen LogP contribution in [0, 0.1) is 11.8 Å². The molecule has 0 radical (unpaired) electrons. The number of hydrogen-bond donors (Lipinski definition) is 0. The smallest absolute Gasteiger partial charge is 0.0733 e. The van der Waals surface area contributed by atoms with E-state index in [-0.39, 0.29) is 0 Å². The van der Waals surface area contributed by atoms with Crippen molar-refractivity contribution in [1.29, 1.82) is 0 Å². The van der Waals surface area contributed by atoms with E-state index >= 15 is 0 Å². The van der Waals surface area contributed by atoms with Gasteiger partial charge in [-0.25, -0.2) is 0 Å². The van der Waals surface area contributed by atoms with Crippen molar-refractivity contribution in [3.8, 4) is 0 Å². The van der Waals surface area contributed by atoms with Gasteiger partial charge in [0.2, 0.25) is 0 Å². The lowest BCUT2D eigenvalue weighted by Gasteiger charge is -2.29. The first-order chi connectivity index (χ1) is 16.8. The second-order valence-electron chi connectivity index (χ2n) is 9.94. The van der Waals surface area contributed by atoms with E-state index in [1.54, 1.807) is 0 Å². The first kappa shape index (κ1) is 26.1. The van der Waals surface area contributed by atoms with Crippen LogP contribution in [0.25, 0.3) is 0 Å². The van der Waals surface area contributed by atoms with Crippen molar-refractivity contribution in [2.45, 2.75) is 90.4 Å². The molecule has 0 bridgehead atoms. The maximum atomic E-state index is 4.79. The molecule has 0 unspecified atom stereocenters. The SMILES string of the molecule is C=CCCCCCc1ccc(C=NN=C(c2ccccc2)C2CCC(CCCCC)CC2)cc1. The summed E-state index contributed by atoms with van der Waals surface area (Å²) in [5.41, 5.74) is 4.91. The molecule has 2 aromatic rings. The molecule has 34 heavy (non-hydrogen) atoms. The number of hydrogen-bond acceptors (Lipinski definition) is 2. The molecule has 182 valence electrons. The molecule has 0 saturated heterocycles. The van der Waals surface area contributed by atoms with E-state index in [9.17, 15) is 0 Å². The summed E-state index contributed by atoms with van der Waals surface area (Å²) >= 11 is 0. The van der Waals surface area contributed by atoms with Crippen LogP contribution in [-0.4, -0.2) is 11.9 Å². The van der Waals surface area contributed by atoms with E-state index in [0.29, 0.717) is 5.92 Å². The van der Waals surface area contributed by atoms with Crippen molar-refractivity contribution in [2.75, 3.05) is 0 Å². The third-order valence-electron chi connectivity index (χ3n) is 7.24. The molecule has 0 spiro atoms. The van der Waals surface area contributed by atoms with Gasteiger partial charge in [0.05, 0.1) is 11.9 Å². The van der Waals surface area contributed by atoms with Crippen LogP contribution in [0.4, 0.5) is 0 Å². The van der Waals surface area contributed by atoms with Crippen molar-refractivity contribution >= 4 is 11.9 Å². The number of benzene rings is 2. The minimum Gasteiger partial charge on any atom is -0.158 e. The fourth-order valence-corrected chi connectivity index (χ4v) is 5.11. The second-order valence-corrected chi connectivity index (χ2v) is 9.94. The van der Waals surface area contributed by atoms with Gasteiger partial charge in [0.25, 0.3) is 0 Å². The van der Waals surface area contributed by atoms with Gasteiger partial charge in [0.15, 0.2) is 0 Å². The summed E-state index contributed by atoms with van der Waals surface area (Å²) in [7, 11) is 0. The predicted octanol–water partition coefficient (Wildman–Crippen LogP) is 9.19. The van der Waals surface area contributed by atoms with Gasteiger partial charge in [-0.05, 0) is 74.0 Å². The van der Waals surface area contributed by atoms with Gasteiger partial charge in [0.1, 0.15) is 0 Å². The number of nitrogens with zero attached hydrogens (tertiary/aromatic N) is 2. The standard InChI is InChI=1S/C32H44N2/c1-3-5-7-8-11-15-27-18-20-29(21-19-27)26-33-34-32(30-16-12-9-13-17-30)31-24-22-28(23-25-31)14-10-6-4-2/h3,9,12-13,16-21,26,28,31H,1,4-8,10-11,14-15,22-25H2,2H3. The highest BCUT2D eigenvalue weighted by Crippen LogP contribution is 2.34. The highest BCUT2D eigenvalue weighted by Gasteiger charge is 2.25. The molecule has 0 aromatic heterocycles. The van der Waals surface area contributed by atoms with Crippen LogP contribution in [0.1, 0.15) is 101 Å². The van der Waals surface area contributed by atoms with Gasteiger partial charge in [-0.15, -0.1) is 6.58 Å². The molecule has 0 heterocycles. The lowest BCUT2D eigenvalue weighted by atomic mass is 9.76. The van der Waals surface area contributed by atoms with Crippen LogP contribution in [0.3, 0.4) is 0 Å². The molecule has 0 atom stereocenters. The van der Waals surface area contributed by atoms with Crippen LogP contribution in [0.5, 0.6) is 0 Å². The Kier molecular flexibility index (Phi) is 11.9. The molecule has 2 aromatic carbocycles. The molecule has 3 rings (SSSR count). The fraction of sp³-hybridized carbons (Fsp3) is 0.500. The summed E-state index contributed by atoms with van der Waals surface area (Å²) in [5, 5.41) is 9.34. The summed E-state index contributed by atoms with van der Waals surface area (Å²) in [4.78, 5) is 0. The first-order valence-electron chi connectivity index (χ1n) is 13.7. The number of unbranched alkanes of at least 4 members (excludes halogenated alkanes) is 5. The zero-order chi connectivity index (χ0) is 23.8. The van der Waals surface area contributed by atoms with Gasteiger partial charge >= 0.3 is 0 Å². The van der Waals surface area contributed by atoms with Crippen molar-refractivity contribution < 1.29 is 0 Å². The third-order valence-corrected chi connectivity index (χ3v) is 7.24. The molecule has 1 aliphatic carbocycles. The third kappa shape index (κ3) is 9.05. The van der Waals surface area contributed by atoms with E-state index in [1.165, 1.54) is 87.5 Å². The highest BCUT2D eigenvalue weighted by atomic mass is 15.2. The van der Waals surface area contributed by atoms with Gasteiger partial charge in [-0.2, -0.15) is 10.2 Å². The average molecular weight is 457 g/mol. The Morgan fingerprint density at radius 1 is 0.882 bits per heavy atom. The molecule has 2 heteroatoms.